The van der Waals surface area contributed by atoms with Crippen LogP contribution >= 0.6 is 0 Å². The highest BCUT2D eigenvalue weighted by atomic mass is 19.4. The highest BCUT2D eigenvalue weighted by molar-refractivity contribution is 5.81. The monoisotopic (exact) mass is 476 g/mol. The molecule has 1 amide bonds. The van der Waals surface area contributed by atoms with Crippen molar-refractivity contribution in [3.63, 3.8) is 0 Å². The molecule has 1 aliphatic rings. The summed E-state index contributed by atoms with van der Waals surface area (Å²) in [5, 5.41) is 8.36. The molecule has 2 aromatic heterocycles. The molecule has 4 rings (SSSR count). The average Bonchev–Trinajstić information content (AvgIpc) is 3.44. The molecule has 1 N–H and O–H groups in total. The third kappa shape index (κ3) is 6.27. The van der Waals surface area contributed by atoms with E-state index in [2.05, 4.69) is 51.8 Å². The van der Waals surface area contributed by atoms with Crippen LogP contribution in [-0.4, -0.2) is 63.8 Å². The Morgan fingerprint density at radius 2 is 1.85 bits per heavy atom. The summed E-state index contributed by atoms with van der Waals surface area (Å²) in [6.45, 7) is 4.69. The zero-order valence-corrected chi connectivity index (χ0v) is 19.0. The first-order valence-electron chi connectivity index (χ1n) is 10.8. The van der Waals surface area contributed by atoms with E-state index < -0.39 is 12.1 Å². The minimum absolute atomic E-state index is 0.213. The van der Waals surface area contributed by atoms with Gasteiger partial charge in [0, 0.05) is 62.9 Å². The second-order valence-corrected chi connectivity index (χ2v) is 8.22. The van der Waals surface area contributed by atoms with Crippen LogP contribution in [0.1, 0.15) is 18.4 Å². The first-order valence-corrected chi connectivity index (χ1v) is 10.8. The van der Waals surface area contributed by atoms with Gasteiger partial charge in [-0.25, -0.2) is 4.79 Å². The van der Waals surface area contributed by atoms with Crippen molar-refractivity contribution in [2.24, 2.45) is 0 Å². The van der Waals surface area contributed by atoms with Crippen molar-refractivity contribution >= 4 is 28.5 Å². The van der Waals surface area contributed by atoms with Crippen molar-refractivity contribution in [3.8, 4) is 0 Å². The first kappa shape index (κ1) is 25.1. The molecule has 10 heteroatoms. The number of fused-ring (bicyclic) bond motifs is 1. The Balaban J connectivity index is 0.000000406. The lowest BCUT2D eigenvalue weighted by molar-refractivity contribution is -0.192. The maximum Gasteiger partial charge on any atom is 0.490 e. The van der Waals surface area contributed by atoms with Gasteiger partial charge in [-0.15, -0.1) is 0 Å². The Hall–Kier alpha value is -3.56. The fourth-order valence-electron chi connectivity index (χ4n) is 3.96. The number of carbonyl (C=O) groups is 2. The Labute approximate surface area is 195 Å². The molecule has 1 atom stereocenters. The van der Waals surface area contributed by atoms with Crippen molar-refractivity contribution in [3.05, 3.63) is 60.6 Å². The van der Waals surface area contributed by atoms with Gasteiger partial charge in [-0.05, 0) is 49.1 Å². The largest absolute Gasteiger partial charge is 0.490 e. The molecule has 1 unspecified atom stereocenters. The predicted molar refractivity (Wildman–Crippen MR) is 123 cm³/mol. The summed E-state index contributed by atoms with van der Waals surface area (Å²) in [7, 11) is 1.94. The van der Waals surface area contributed by atoms with Gasteiger partial charge in [-0.1, -0.05) is 11.6 Å². The maximum absolute atomic E-state index is 12.7. The second-order valence-electron chi connectivity index (χ2n) is 8.22. The van der Waals surface area contributed by atoms with Crippen LogP contribution in [0.4, 0.5) is 18.9 Å². The first-order chi connectivity index (χ1) is 16.1. The summed E-state index contributed by atoms with van der Waals surface area (Å²) in [6, 6.07) is 12.9. The molecular weight excluding hydrogens is 449 g/mol. The summed E-state index contributed by atoms with van der Waals surface area (Å²) in [5.74, 6) is -2.54. The number of carboxylic acids is 1. The van der Waals surface area contributed by atoms with Crippen LogP contribution < -0.4 is 4.90 Å². The molecule has 1 aliphatic heterocycles. The van der Waals surface area contributed by atoms with E-state index in [0.717, 1.165) is 26.1 Å². The van der Waals surface area contributed by atoms with Gasteiger partial charge in [0.05, 0.1) is 6.04 Å². The number of anilines is 1. The Bertz CT molecular complexity index is 1130. The van der Waals surface area contributed by atoms with Crippen LogP contribution in [0.25, 0.3) is 10.9 Å². The Kier molecular flexibility index (Phi) is 7.80. The lowest BCUT2D eigenvalue weighted by Crippen LogP contribution is -2.39. The van der Waals surface area contributed by atoms with Gasteiger partial charge in [-0.3, -0.25) is 9.78 Å². The van der Waals surface area contributed by atoms with E-state index in [9.17, 15) is 18.0 Å². The number of aliphatic carboxylic acids is 1. The lowest BCUT2D eigenvalue weighted by Gasteiger charge is -2.25. The molecule has 1 aromatic carbocycles. The van der Waals surface area contributed by atoms with E-state index in [1.807, 2.05) is 36.5 Å². The standard InChI is InChI=1S/C22H26N4O.C2HF3O2/c1-17-3-4-21-18(15-17)7-12-25(21)14-9-22(27)24(2)20-8-13-26(16-20)19-5-10-23-11-6-19;3-2(4,5)1(6)7/h3-7,10-12,15,20H,8-9,13-14,16H2,1-2H3;(H,6,7). The van der Waals surface area contributed by atoms with Crippen LogP contribution in [0.5, 0.6) is 0 Å². The van der Waals surface area contributed by atoms with Gasteiger partial charge < -0.3 is 19.5 Å². The van der Waals surface area contributed by atoms with Crippen LogP contribution in [-0.2, 0) is 16.1 Å². The number of nitrogens with zero attached hydrogens (tertiary/aromatic N) is 4. The van der Waals surface area contributed by atoms with Crippen LogP contribution in [0, 0.1) is 6.92 Å². The Morgan fingerprint density at radius 1 is 1.18 bits per heavy atom. The number of halogens is 3. The minimum Gasteiger partial charge on any atom is -0.475 e. The van der Waals surface area contributed by atoms with E-state index in [1.54, 1.807) is 0 Å². The van der Waals surface area contributed by atoms with Crippen molar-refractivity contribution < 1.29 is 27.9 Å². The highest BCUT2D eigenvalue weighted by Gasteiger charge is 2.38. The summed E-state index contributed by atoms with van der Waals surface area (Å²) in [4.78, 5) is 30.0. The van der Waals surface area contributed by atoms with Gasteiger partial charge in [0.1, 0.15) is 0 Å². The van der Waals surface area contributed by atoms with Gasteiger partial charge in [0.15, 0.2) is 0 Å². The topological polar surface area (TPSA) is 78.7 Å². The number of hydrogen-bond acceptors (Lipinski definition) is 4. The summed E-state index contributed by atoms with van der Waals surface area (Å²) < 4.78 is 33.9. The zero-order valence-electron chi connectivity index (χ0n) is 19.0. The molecular formula is C24H27F3N4O3. The zero-order chi connectivity index (χ0) is 24.9. The number of amides is 1. The molecule has 34 heavy (non-hydrogen) atoms. The maximum atomic E-state index is 12.7. The molecule has 7 nitrogen and oxygen atoms in total. The number of rotatable bonds is 5. The van der Waals surface area contributed by atoms with Gasteiger partial charge >= 0.3 is 12.1 Å². The number of carbonyl (C=O) groups excluding carboxylic acids is 1. The van der Waals surface area contributed by atoms with Gasteiger partial charge in [0.2, 0.25) is 5.91 Å². The molecule has 3 heterocycles. The van der Waals surface area contributed by atoms with Crippen LogP contribution in [0.15, 0.2) is 55.0 Å². The van der Waals surface area contributed by atoms with E-state index in [-0.39, 0.29) is 11.9 Å². The number of hydrogen-bond donors (Lipinski definition) is 1. The number of carboxylic acid groups (broad SMARTS) is 1. The molecule has 0 saturated carbocycles. The quantitative estimate of drug-likeness (QED) is 0.600. The van der Waals surface area contributed by atoms with E-state index in [0.29, 0.717) is 6.42 Å². The lowest BCUT2D eigenvalue weighted by atomic mass is 10.2. The fraction of sp³-hybridized carbons (Fsp3) is 0.375. The van der Waals surface area contributed by atoms with Crippen molar-refractivity contribution in [1.29, 1.82) is 0 Å². The van der Waals surface area contributed by atoms with E-state index in [1.165, 1.54) is 22.2 Å². The third-order valence-corrected chi connectivity index (χ3v) is 5.87. The van der Waals surface area contributed by atoms with Gasteiger partial charge in [-0.2, -0.15) is 13.2 Å². The summed E-state index contributed by atoms with van der Waals surface area (Å²) in [6.07, 6.45) is 2.18. The number of aryl methyl sites for hydroxylation is 2. The van der Waals surface area contributed by atoms with Crippen molar-refractivity contribution in [2.75, 3.05) is 25.0 Å². The molecule has 1 saturated heterocycles. The Morgan fingerprint density at radius 3 is 2.50 bits per heavy atom. The molecule has 0 spiro atoms. The molecule has 0 aliphatic carbocycles. The van der Waals surface area contributed by atoms with Crippen LogP contribution in [0.3, 0.4) is 0 Å². The smallest absolute Gasteiger partial charge is 0.475 e. The molecule has 3 aromatic rings. The van der Waals surface area contributed by atoms with E-state index >= 15 is 0 Å². The molecule has 0 radical (unpaired) electrons. The number of pyridine rings is 1. The molecule has 0 bridgehead atoms. The predicted octanol–water partition coefficient (Wildman–Crippen LogP) is 4.11. The normalized spacial score (nSPS) is 15.7. The number of likely N-dealkylation sites (N-methyl/N-ethyl adjacent to an activating group) is 1. The minimum atomic E-state index is -5.08. The highest BCUT2D eigenvalue weighted by Crippen LogP contribution is 2.23. The third-order valence-electron chi connectivity index (χ3n) is 5.87. The van der Waals surface area contributed by atoms with Crippen molar-refractivity contribution in [1.82, 2.24) is 14.5 Å². The van der Waals surface area contributed by atoms with Crippen LogP contribution in [0.2, 0.25) is 0 Å². The molecule has 182 valence electrons. The average molecular weight is 476 g/mol. The number of alkyl halides is 3. The van der Waals surface area contributed by atoms with E-state index in [4.69, 9.17) is 9.90 Å². The van der Waals surface area contributed by atoms with Gasteiger partial charge in [0.25, 0.3) is 0 Å². The summed E-state index contributed by atoms with van der Waals surface area (Å²) in [5.41, 5.74) is 3.64. The number of benzene rings is 1. The SMILES string of the molecule is Cc1ccc2c(ccn2CCC(=O)N(C)C2CCN(c3ccncc3)C2)c1.O=C(O)C(F)(F)F. The summed E-state index contributed by atoms with van der Waals surface area (Å²) >= 11 is 0. The molecule has 1 fully saturated rings. The van der Waals surface area contributed by atoms with Crippen molar-refractivity contribution in [2.45, 2.75) is 38.5 Å². The second kappa shape index (κ2) is 10.6. The fourth-order valence-corrected chi connectivity index (χ4v) is 3.96. The number of aromatic nitrogens is 2.